The zero-order valence-corrected chi connectivity index (χ0v) is 18.2. The third-order valence-corrected chi connectivity index (χ3v) is 6.41. The Morgan fingerprint density at radius 3 is 2.32 bits per heavy atom. The van der Waals surface area contributed by atoms with Crippen LogP contribution in [0.15, 0.2) is 42.0 Å². The fourth-order valence-corrected chi connectivity index (χ4v) is 4.84. The number of nitrogens with zero attached hydrogens (tertiary/aromatic N) is 1. The number of benzene rings is 2. The Balaban J connectivity index is 1.90. The summed E-state index contributed by atoms with van der Waals surface area (Å²) < 4.78 is 0. The third-order valence-electron chi connectivity index (χ3n) is 6.41. The van der Waals surface area contributed by atoms with E-state index in [4.69, 9.17) is 0 Å². The van der Waals surface area contributed by atoms with Gasteiger partial charge in [-0.2, -0.15) is 0 Å². The number of carbonyl (C=O) groups excluding carboxylic acids is 2. The second-order valence-corrected chi connectivity index (χ2v) is 9.28. The van der Waals surface area contributed by atoms with E-state index in [1.165, 1.54) is 12.1 Å². The highest BCUT2D eigenvalue weighted by atomic mass is 16.6. The molecule has 6 nitrogen and oxygen atoms in total. The minimum atomic E-state index is -0.469. The van der Waals surface area contributed by atoms with Gasteiger partial charge >= 0.3 is 0 Å². The molecule has 0 heterocycles. The van der Waals surface area contributed by atoms with Crippen LogP contribution < -0.4 is 5.32 Å². The molecule has 0 unspecified atom stereocenters. The SMILES string of the molecule is CC(C)C1=C(Nc2ccc([N+](=O)[O-])cc2)c2ccc3c(c2C(=O)C1=O)CCCC3(C)C. The lowest BCUT2D eigenvalue weighted by atomic mass is 9.68. The molecule has 0 fully saturated rings. The average Bonchev–Trinajstić information content (AvgIpc) is 2.71. The molecule has 0 atom stereocenters. The molecule has 0 amide bonds. The standard InChI is InChI=1S/C25H26N2O4/c1-14(2)20-22(26-15-7-9-16(10-8-15)27(30)31)18-11-12-19-17(6-5-13-25(19,3)4)21(18)24(29)23(20)28/h7-12,14,26H,5-6,13H2,1-4H3. The van der Waals surface area contributed by atoms with E-state index in [0.717, 1.165) is 36.0 Å². The normalized spacial score (nSPS) is 17.5. The highest BCUT2D eigenvalue weighted by molar-refractivity contribution is 6.53. The zero-order chi connectivity index (χ0) is 22.5. The zero-order valence-electron chi connectivity index (χ0n) is 18.2. The van der Waals surface area contributed by atoms with Crippen molar-refractivity contribution in [2.24, 2.45) is 5.92 Å². The van der Waals surface area contributed by atoms with E-state index in [2.05, 4.69) is 25.2 Å². The van der Waals surface area contributed by atoms with Crippen LogP contribution in [0.2, 0.25) is 0 Å². The molecule has 0 saturated carbocycles. The Morgan fingerprint density at radius 2 is 1.71 bits per heavy atom. The number of non-ortho nitro benzene ring substituents is 1. The first kappa shape index (κ1) is 21.0. The van der Waals surface area contributed by atoms with E-state index in [1.54, 1.807) is 12.1 Å². The number of carbonyl (C=O) groups is 2. The van der Waals surface area contributed by atoms with Crippen LogP contribution >= 0.6 is 0 Å². The number of Topliss-reactive ketones (excluding diaryl/α,β-unsaturated/α-hetero) is 2. The Kier molecular flexibility index (Phi) is 5.04. The number of ketones is 2. The van der Waals surface area contributed by atoms with Crippen molar-refractivity contribution in [1.29, 1.82) is 0 Å². The summed E-state index contributed by atoms with van der Waals surface area (Å²) >= 11 is 0. The lowest BCUT2D eigenvalue weighted by molar-refractivity contribution is -0.384. The molecule has 6 heteroatoms. The van der Waals surface area contributed by atoms with Gasteiger partial charge in [0.05, 0.1) is 10.6 Å². The Morgan fingerprint density at radius 1 is 1.03 bits per heavy atom. The van der Waals surface area contributed by atoms with Gasteiger partial charge in [0, 0.05) is 34.5 Å². The molecule has 1 N–H and O–H groups in total. The van der Waals surface area contributed by atoms with Crippen LogP contribution in [-0.4, -0.2) is 16.5 Å². The van der Waals surface area contributed by atoms with Gasteiger partial charge in [-0.05, 0) is 53.9 Å². The molecule has 2 aromatic rings. The summed E-state index contributed by atoms with van der Waals surface area (Å²) in [5.74, 6) is -1.05. The molecule has 0 aromatic heterocycles. The summed E-state index contributed by atoms with van der Waals surface area (Å²) in [5.41, 5.74) is 5.03. The van der Waals surface area contributed by atoms with Gasteiger partial charge in [-0.25, -0.2) is 0 Å². The Hall–Kier alpha value is -3.28. The van der Waals surface area contributed by atoms with E-state index in [0.29, 0.717) is 22.5 Å². The van der Waals surface area contributed by atoms with Crippen molar-refractivity contribution >= 4 is 28.6 Å². The van der Waals surface area contributed by atoms with Gasteiger partial charge < -0.3 is 5.32 Å². The van der Waals surface area contributed by atoms with Gasteiger partial charge in [-0.1, -0.05) is 39.8 Å². The van der Waals surface area contributed by atoms with Crippen LogP contribution in [0.3, 0.4) is 0 Å². The largest absolute Gasteiger partial charge is 0.355 e. The van der Waals surface area contributed by atoms with E-state index in [1.807, 2.05) is 19.9 Å². The van der Waals surface area contributed by atoms with Crippen LogP contribution in [-0.2, 0) is 16.6 Å². The van der Waals surface area contributed by atoms with Crippen molar-refractivity contribution in [3.8, 4) is 0 Å². The van der Waals surface area contributed by atoms with Crippen molar-refractivity contribution in [1.82, 2.24) is 0 Å². The third kappa shape index (κ3) is 3.46. The number of nitrogens with one attached hydrogen (secondary N) is 1. The number of rotatable bonds is 4. The van der Waals surface area contributed by atoms with Crippen molar-refractivity contribution in [3.63, 3.8) is 0 Å². The molecule has 160 valence electrons. The minimum Gasteiger partial charge on any atom is -0.355 e. The molecule has 0 bridgehead atoms. The number of hydrogen-bond acceptors (Lipinski definition) is 5. The monoisotopic (exact) mass is 418 g/mol. The van der Waals surface area contributed by atoms with Crippen LogP contribution in [0.5, 0.6) is 0 Å². The Bertz CT molecular complexity index is 1140. The molecule has 2 aromatic carbocycles. The summed E-state index contributed by atoms with van der Waals surface area (Å²) in [6.07, 6.45) is 2.80. The van der Waals surface area contributed by atoms with Gasteiger partial charge in [0.1, 0.15) is 0 Å². The fraction of sp³-hybridized carbons (Fsp3) is 0.360. The van der Waals surface area contributed by atoms with Crippen molar-refractivity contribution in [2.45, 2.75) is 52.4 Å². The second kappa shape index (κ2) is 7.45. The number of nitro groups is 1. The first-order valence-electron chi connectivity index (χ1n) is 10.6. The molecular weight excluding hydrogens is 392 g/mol. The predicted octanol–water partition coefficient (Wildman–Crippen LogP) is 5.45. The summed E-state index contributed by atoms with van der Waals surface area (Å²) in [4.78, 5) is 36.9. The first-order valence-corrected chi connectivity index (χ1v) is 10.6. The smallest absolute Gasteiger partial charge is 0.269 e. The number of hydrogen-bond donors (Lipinski definition) is 1. The minimum absolute atomic E-state index is 0.00443. The fourth-order valence-electron chi connectivity index (χ4n) is 4.84. The molecule has 2 aliphatic rings. The van der Waals surface area contributed by atoms with Gasteiger partial charge in [0.2, 0.25) is 11.6 Å². The first-order chi connectivity index (χ1) is 14.6. The summed E-state index contributed by atoms with van der Waals surface area (Å²) in [5, 5.41) is 14.3. The lowest BCUT2D eigenvalue weighted by Crippen LogP contribution is -2.33. The maximum atomic E-state index is 13.2. The molecule has 0 radical (unpaired) electrons. The van der Waals surface area contributed by atoms with Crippen LogP contribution in [0, 0.1) is 16.0 Å². The van der Waals surface area contributed by atoms with E-state index < -0.39 is 16.5 Å². The van der Waals surface area contributed by atoms with E-state index >= 15 is 0 Å². The van der Waals surface area contributed by atoms with Crippen molar-refractivity contribution in [2.75, 3.05) is 5.32 Å². The van der Waals surface area contributed by atoms with E-state index in [9.17, 15) is 19.7 Å². The quantitative estimate of drug-likeness (QED) is 0.405. The number of fused-ring (bicyclic) bond motifs is 3. The summed E-state index contributed by atoms with van der Waals surface area (Å²) in [7, 11) is 0. The summed E-state index contributed by atoms with van der Waals surface area (Å²) in [6.45, 7) is 8.14. The number of nitro benzene ring substituents is 1. The highest BCUT2D eigenvalue weighted by Gasteiger charge is 2.39. The number of anilines is 1. The van der Waals surface area contributed by atoms with Gasteiger partial charge in [0.15, 0.2) is 0 Å². The molecule has 0 spiro atoms. The maximum Gasteiger partial charge on any atom is 0.269 e. The summed E-state index contributed by atoms with van der Waals surface area (Å²) in [6, 6.07) is 10.1. The topological polar surface area (TPSA) is 89.3 Å². The second-order valence-electron chi connectivity index (χ2n) is 9.28. The van der Waals surface area contributed by atoms with Crippen LogP contribution in [0.4, 0.5) is 11.4 Å². The van der Waals surface area contributed by atoms with E-state index in [-0.39, 0.29) is 17.0 Å². The van der Waals surface area contributed by atoms with Crippen LogP contribution in [0.25, 0.3) is 5.70 Å². The van der Waals surface area contributed by atoms with Gasteiger partial charge in [-0.3, -0.25) is 19.7 Å². The average molecular weight is 418 g/mol. The van der Waals surface area contributed by atoms with Crippen molar-refractivity contribution in [3.05, 3.63) is 74.3 Å². The molecule has 31 heavy (non-hydrogen) atoms. The van der Waals surface area contributed by atoms with Crippen LogP contribution in [0.1, 0.15) is 67.6 Å². The number of allylic oxidation sites excluding steroid dienone is 1. The molecule has 0 aliphatic heterocycles. The molecule has 4 rings (SSSR count). The van der Waals surface area contributed by atoms with Crippen molar-refractivity contribution < 1.29 is 14.5 Å². The maximum absolute atomic E-state index is 13.2. The lowest BCUT2D eigenvalue weighted by Gasteiger charge is -2.36. The molecular formula is C25H26N2O4. The molecule has 0 saturated heterocycles. The predicted molar refractivity (Wildman–Crippen MR) is 120 cm³/mol. The highest BCUT2D eigenvalue weighted by Crippen LogP contribution is 2.43. The van der Waals surface area contributed by atoms with Gasteiger partial charge in [-0.15, -0.1) is 0 Å². The Labute approximate surface area is 181 Å². The molecule has 2 aliphatic carbocycles. The van der Waals surface area contributed by atoms with Gasteiger partial charge in [0.25, 0.3) is 5.69 Å².